The van der Waals surface area contributed by atoms with E-state index in [9.17, 15) is 9.90 Å². The average molecular weight is 292 g/mol. The van der Waals surface area contributed by atoms with E-state index < -0.39 is 0 Å². The zero-order valence-corrected chi connectivity index (χ0v) is 12.5. The first-order valence-corrected chi connectivity index (χ1v) is 7.45. The van der Waals surface area contributed by atoms with Crippen molar-refractivity contribution in [3.05, 3.63) is 35.9 Å². The van der Waals surface area contributed by atoms with Crippen molar-refractivity contribution < 1.29 is 14.6 Å². The van der Waals surface area contributed by atoms with Gasteiger partial charge in [0.1, 0.15) is 0 Å². The third-order valence-electron chi connectivity index (χ3n) is 3.88. The molecule has 5 nitrogen and oxygen atoms in total. The number of ether oxygens (including phenoxy) is 1. The molecule has 1 aliphatic rings. The third kappa shape index (κ3) is 4.81. The van der Waals surface area contributed by atoms with E-state index in [0.29, 0.717) is 32.8 Å². The van der Waals surface area contributed by atoms with Gasteiger partial charge in [-0.2, -0.15) is 0 Å². The summed E-state index contributed by atoms with van der Waals surface area (Å²) >= 11 is 0. The molecule has 0 aliphatic carbocycles. The quantitative estimate of drug-likeness (QED) is 0.806. The van der Waals surface area contributed by atoms with Crippen molar-refractivity contribution in [3.8, 4) is 0 Å². The van der Waals surface area contributed by atoms with Crippen molar-refractivity contribution >= 4 is 5.91 Å². The van der Waals surface area contributed by atoms with Crippen molar-refractivity contribution in [2.75, 3.05) is 39.5 Å². The fourth-order valence-corrected chi connectivity index (χ4v) is 2.47. The van der Waals surface area contributed by atoms with Crippen LogP contribution in [0.5, 0.6) is 0 Å². The Hall–Kier alpha value is -1.43. The zero-order valence-electron chi connectivity index (χ0n) is 12.5. The fourth-order valence-electron chi connectivity index (χ4n) is 2.47. The second kappa shape index (κ2) is 8.12. The van der Waals surface area contributed by atoms with Gasteiger partial charge in [0, 0.05) is 13.1 Å². The van der Waals surface area contributed by atoms with Gasteiger partial charge in [0.15, 0.2) is 0 Å². The molecule has 0 spiro atoms. The smallest absolute Gasteiger partial charge is 0.234 e. The van der Waals surface area contributed by atoms with E-state index >= 15 is 0 Å². The minimum atomic E-state index is -0.0731. The van der Waals surface area contributed by atoms with Gasteiger partial charge < -0.3 is 15.2 Å². The molecule has 1 saturated heterocycles. The van der Waals surface area contributed by atoms with Gasteiger partial charge >= 0.3 is 0 Å². The maximum absolute atomic E-state index is 12.0. The molecule has 5 heteroatoms. The lowest BCUT2D eigenvalue weighted by atomic mass is 10.0. The lowest BCUT2D eigenvalue weighted by Crippen LogP contribution is -2.51. The second-order valence-electron chi connectivity index (χ2n) is 5.50. The first-order valence-electron chi connectivity index (χ1n) is 7.45. The highest BCUT2D eigenvalue weighted by Gasteiger charge is 2.24. The van der Waals surface area contributed by atoms with Crippen LogP contribution in [0.1, 0.15) is 18.4 Å². The summed E-state index contributed by atoms with van der Waals surface area (Å²) in [5.41, 5.74) is 1.22. The molecule has 1 aromatic carbocycles. The molecule has 1 heterocycles. The second-order valence-corrected chi connectivity index (χ2v) is 5.50. The van der Waals surface area contributed by atoms with Crippen LogP contribution in [0.3, 0.4) is 0 Å². The highest BCUT2D eigenvalue weighted by atomic mass is 16.5. The molecule has 1 fully saturated rings. The predicted molar refractivity (Wildman–Crippen MR) is 81.1 cm³/mol. The molecule has 0 radical (unpaired) electrons. The van der Waals surface area contributed by atoms with Crippen molar-refractivity contribution in [1.29, 1.82) is 0 Å². The van der Waals surface area contributed by atoms with E-state index in [1.165, 1.54) is 5.56 Å². The Morgan fingerprint density at radius 2 is 2.24 bits per heavy atom. The van der Waals surface area contributed by atoms with Crippen LogP contribution in [0, 0.1) is 0 Å². The van der Waals surface area contributed by atoms with E-state index in [0.717, 1.165) is 0 Å². The molecule has 2 N–H and O–H groups in total. The van der Waals surface area contributed by atoms with Crippen LogP contribution in [0.15, 0.2) is 30.3 Å². The van der Waals surface area contributed by atoms with E-state index in [1.807, 2.05) is 23.1 Å². The summed E-state index contributed by atoms with van der Waals surface area (Å²) < 4.78 is 5.31. The molecule has 0 aromatic heterocycles. The van der Waals surface area contributed by atoms with Crippen LogP contribution in [0.25, 0.3) is 0 Å². The van der Waals surface area contributed by atoms with Crippen LogP contribution in [0.2, 0.25) is 0 Å². The number of nitrogens with zero attached hydrogens (tertiary/aromatic N) is 1. The van der Waals surface area contributed by atoms with Gasteiger partial charge in [0.25, 0.3) is 0 Å². The van der Waals surface area contributed by atoms with Crippen LogP contribution >= 0.6 is 0 Å². The van der Waals surface area contributed by atoms with E-state index in [1.54, 1.807) is 0 Å². The van der Waals surface area contributed by atoms with Crippen LogP contribution in [0.4, 0.5) is 0 Å². The van der Waals surface area contributed by atoms with Gasteiger partial charge in [-0.15, -0.1) is 0 Å². The SMILES string of the molecule is CC(CNC(=O)CN1CCOCC1CO)c1ccccc1. The Morgan fingerprint density at radius 1 is 1.48 bits per heavy atom. The molecule has 2 rings (SSSR count). The summed E-state index contributed by atoms with van der Waals surface area (Å²) in [5, 5.41) is 12.3. The van der Waals surface area contributed by atoms with Gasteiger partial charge in [-0.05, 0) is 11.5 Å². The number of aliphatic hydroxyl groups excluding tert-OH is 1. The van der Waals surface area contributed by atoms with Crippen LogP contribution in [-0.2, 0) is 9.53 Å². The molecule has 2 atom stereocenters. The van der Waals surface area contributed by atoms with Gasteiger partial charge in [0.05, 0.1) is 32.4 Å². The van der Waals surface area contributed by atoms with Crippen LogP contribution < -0.4 is 5.32 Å². The summed E-state index contributed by atoms with van der Waals surface area (Å²) in [6, 6.07) is 10.1. The topological polar surface area (TPSA) is 61.8 Å². The molecule has 1 aromatic rings. The Labute approximate surface area is 125 Å². The molecule has 116 valence electrons. The van der Waals surface area contributed by atoms with Crippen LogP contribution in [-0.4, -0.2) is 61.4 Å². The number of aliphatic hydroxyl groups is 1. The number of nitrogens with one attached hydrogen (secondary N) is 1. The number of morpholine rings is 1. The maximum atomic E-state index is 12.0. The number of carbonyl (C=O) groups excluding carboxylic acids is 1. The maximum Gasteiger partial charge on any atom is 0.234 e. The molecule has 21 heavy (non-hydrogen) atoms. The molecule has 0 bridgehead atoms. The van der Waals surface area contributed by atoms with E-state index in [-0.39, 0.29) is 24.5 Å². The lowest BCUT2D eigenvalue weighted by molar-refractivity contribution is -0.125. The predicted octanol–water partition coefficient (Wildman–Crippen LogP) is 0.599. The molecular formula is C16H24N2O3. The third-order valence-corrected chi connectivity index (χ3v) is 3.88. The number of carbonyl (C=O) groups is 1. The Bertz CT molecular complexity index is 438. The average Bonchev–Trinajstić information content (AvgIpc) is 2.54. The number of benzene rings is 1. The van der Waals surface area contributed by atoms with Gasteiger partial charge in [0.2, 0.25) is 5.91 Å². The molecule has 2 unspecified atom stereocenters. The van der Waals surface area contributed by atoms with Gasteiger partial charge in [-0.25, -0.2) is 0 Å². The monoisotopic (exact) mass is 292 g/mol. The first-order chi connectivity index (χ1) is 10.2. The van der Waals surface area contributed by atoms with Crippen molar-refractivity contribution in [2.45, 2.75) is 18.9 Å². The highest BCUT2D eigenvalue weighted by Crippen LogP contribution is 2.13. The summed E-state index contributed by atoms with van der Waals surface area (Å²) in [7, 11) is 0. The number of hydrogen-bond acceptors (Lipinski definition) is 4. The van der Waals surface area contributed by atoms with E-state index in [4.69, 9.17) is 4.74 Å². The number of hydrogen-bond donors (Lipinski definition) is 2. The first kappa shape index (κ1) is 15.9. The molecule has 0 saturated carbocycles. The number of rotatable bonds is 6. The minimum Gasteiger partial charge on any atom is -0.395 e. The van der Waals surface area contributed by atoms with Crippen molar-refractivity contribution in [2.24, 2.45) is 0 Å². The molecular weight excluding hydrogens is 268 g/mol. The zero-order chi connectivity index (χ0) is 15.1. The molecule has 1 amide bonds. The van der Waals surface area contributed by atoms with Crippen molar-refractivity contribution in [3.63, 3.8) is 0 Å². The standard InChI is InChI=1S/C16H24N2O3/c1-13(14-5-3-2-4-6-14)9-17-16(20)10-18-7-8-21-12-15(18)11-19/h2-6,13,15,19H,7-12H2,1H3,(H,17,20). The Kier molecular flexibility index (Phi) is 6.17. The Morgan fingerprint density at radius 3 is 2.95 bits per heavy atom. The lowest BCUT2D eigenvalue weighted by Gasteiger charge is -2.33. The summed E-state index contributed by atoms with van der Waals surface area (Å²) in [4.78, 5) is 14.0. The summed E-state index contributed by atoms with van der Waals surface area (Å²) in [6.45, 7) is 4.85. The normalized spacial score (nSPS) is 21.0. The van der Waals surface area contributed by atoms with Crippen molar-refractivity contribution in [1.82, 2.24) is 10.2 Å². The minimum absolute atomic E-state index is 0.00173. The molecule has 1 aliphatic heterocycles. The van der Waals surface area contributed by atoms with E-state index in [2.05, 4.69) is 24.4 Å². The van der Waals surface area contributed by atoms with Gasteiger partial charge in [-0.3, -0.25) is 9.69 Å². The summed E-state index contributed by atoms with van der Waals surface area (Å²) in [6.07, 6.45) is 0. The number of amides is 1. The largest absolute Gasteiger partial charge is 0.395 e. The highest BCUT2D eigenvalue weighted by molar-refractivity contribution is 5.78. The van der Waals surface area contributed by atoms with Gasteiger partial charge in [-0.1, -0.05) is 37.3 Å². The fraction of sp³-hybridized carbons (Fsp3) is 0.562. The summed E-state index contributed by atoms with van der Waals surface area (Å²) in [5.74, 6) is 0.284. The Balaban J connectivity index is 1.76.